The minimum atomic E-state index is -0.0660. The number of aromatic hydroxyl groups is 2. The summed E-state index contributed by atoms with van der Waals surface area (Å²) in [4.78, 5) is 4.65. The number of hydrogen-bond acceptors (Lipinski definition) is 3. The van der Waals surface area contributed by atoms with Crippen LogP contribution in [0.3, 0.4) is 0 Å². The van der Waals surface area contributed by atoms with Crippen LogP contribution >= 0.6 is 24.0 Å². The SMILES string of the molecule is Cl.Oc1ccc(-c2nc3ccccc3c(-c3ccccc3)c2Cl)c(O)c1. The van der Waals surface area contributed by atoms with E-state index in [1.165, 1.54) is 12.1 Å². The zero-order chi connectivity index (χ0) is 17.4. The lowest BCUT2D eigenvalue weighted by molar-refractivity contribution is 0.452. The first-order valence-electron chi connectivity index (χ1n) is 7.81. The normalized spacial score (nSPS) is 10.5. The van der Waals surface area contributed by atoms with Gasteiger partial charge in [0.15, 0.2) is 0 Å². The molecule has 0 unspecified atom stereocenters. The first-order valence-corrected chi connectivity index (χ1v) is 8.19. The average Bonchev–Trinajstić information content (AvgIpc) is 2.62. The Morgan fingerprint density at radius 3 is 2.23 bits per heavy atom. The van der Waals surface area contributed by atoms with Gasteiger partial charge in [-0.15, -0.1) is 12.4 Å². The highest BCUT2D eigenvalue weighted by Gasteiger charge is 2.18. The molecule has 1 heterocycles. The van der Waals surface area contributed by atoms with Crippen molar-refractivity contribution in [1.82, 2.24) is 4.98 Å². The van der Waals surface area contributed by atoms with E-state index < -0.39 is 0 Å². The van der Waals surface area contributed by atoms with E-state index in [1.807, 2.05) is 54.6 Å². The number of phenolic OH excluding ortho intramolecular Hbond substituents is 2. The molecular formula is C21H15Cl2NO2. The van der Waals surface area contributed by atoms with Crippen molar-refractivity contribution in [2.24, 2.45) is 0 Å². The first kappa shape index (κ1) is 18.1. The summed E-state index contributed by atoms with van der Waals surface area (Å²) < 4.78 is 0. The number of para-hydroxylation sites is 1. The lowest BCUT2D eigenvalue weighted by Gasteiger charge is -2.14. The minimum Gasteiger partial charge on any atom is -0.508 e. The molecule has 0 aliphatic heterocycles. The molecule has 0 amide bonds. The Balaban J connectivity index is 0.00000196. The summed E-state index contributed by atoms with van der Waals surface area (Å²) in [5.74, 6) is -0.0786. The molecule has 2 N–H and O–H groups in total. The van der Waals surface area contributed by atoms with Crippen molar-refractivity contribution in [3.63, 3.8) is 0 Å². The Morgan fingerprint density at radius 2 is 1.50 bits per heavy atom. The number of phenols is 2. The third-order valence-corrected chi connectivity index (χ3v) is 4.50. The van der Waals surface area contributed by atoms with Gasteiger partial charge in [-0.05, 0) is 23.8 Å². The van der Waals surface area contributed by atoms with E-state index in [-0.39, 0.29) is 23.9 Å². The van der Waals surface area contributed by atoms with E-state index in [1.54, 1.807) is 6.07 Å². The van der Waals surface area contributed by atoms with Crippen LogP contribution in [0.25, 0.3) is 33.3 Å². The van der Waals surface area contributed by atoms with E-state index in [4.69, 9.17) is 11.6 Å². The zero-order valence-corrected chi connectivity index (χ0v) is 15.1. The molecule has 4 aromatic rings. The van der Waals surface area contributed by atoms with Crippen LogP contribution in [0, 0.1) is 0 Å². The lowest BCUT2D eigenvalue weighted by atomic mass is 9.98. The summed E-state index contributed by atoms with van der Waals surface area (Å²) in [5.41, 5.74) is 3.59. The van der Waals surface area contributed by atoms with Crippen molar-refractivity contribution in [2.75, 3.05) is 0 Å². The first-order chi connectivity index (χ1) is 12.1. The molecule has 0 radical (unpaired) electrons. The van der Waals surface area contributed by atoms with Crippen LogP contribution in [0.2, 0.25) is 5.02 Å². The van der Waals surface area contributed by atoms with Gasteiger partial charge in [-0.1, -0.05) is 60.1 Å². The van der Waals surface area contributed by atoms with Crippen LogP contribution in [-0.4, -0.2) is 15.2 Å². The van der Waals surface area contributed by atoms with Crippen LogP contribution < -0.4 is 0 Å². The van der Waals surface area contributed by atoms with Gasteiger partial charge in [-0.25, -0.2) is 4.98 Å². The molecule has 26 heavy (non-hydrogen) atoms. The van der Waals surface area contributed by atoms with Crippen LogP contribution in [-0.2, 0) is 0 Å². The standard InChI is InChI=1S/C21H14ClNO2.ClH/c22-20-19(13-6-2-1-3-7-13)15-8-4-5-9-17(15)23-21(20)16-11-10-14(24)12-18(16)25;/h1-12,24-25H;1H. The zero-order valence-electron chi connectivity index (χ0n) is 13.6. The molecule has 3 nitrogen and oxygen atoms in total. The predicted octanol–water partition coefficient (Wildman–Crippen LogP) is 6.06. The van der Waals surface area contributed by atoms with Crippen molar-refractivity contribution in [3.8, 4) is 33.9 Å². The monoisotopic (exact) mass is 383 g/mol. The topological polar surface area (TPSA) is 53.4 Å². The molecule has 0 bridgehead atoms. The number of nitrogens with zero attached hydrogens (tertiary/aromatic N) is 1. The third kappa shape index (κ3) is 3.07. The van der Waals surface area contributed by atoms with Crippen molar-refractivity contribution in [2.45, 2.75) is 0 Å². The highest BCUT2D eigenvalue weighted by atomic mass is 35.5. The average molecular weight is 384 g/mol. The van der Waals surface area contributed by atoms with Crippen molar-refractivity contribution in [1.29, 1.82) is 0 Å². The Labute approximate surface area is 161 Å². The Kier molecular flexibility index (Phi) is 5.03. The van der Waals surface area contributed by atoms with Gasteiger partial charge in [0, 0.05) is 22.6 Å². The maximum absolute atomic E-state index is 10.2. The molecular weight excluding hydrogens is 369 g/mol. The van der Waals surface area contributed by atoms with E-state index in [2.05, 4.69) is 4.98 Å². The summed E-state index contributed by atoms with van der Waals surface area (Å²) in [7, 11) is 0. The molecule has 130 valence electrons. The molecule has 0 aliphatic rings. The number of hydrogen-bond donors (Lipinski definition) is 2. The van der Waals surface area contributed by atoms with Gasteiger partial charge >= 0.3 is 0 Å². The fourth-order valence-corrected chi connectivity index (χ4v) is 3.33. The second kappa shape index (κ2) is 7.24. The molecule has 0 atom stereocenters. The highest BCUT2D eigenvalue weighted by Crippen LogP contribution is 2.42. The van der Waals surface area contributed by atoms with E-state index in [9.17, 15) is 10.2 Å². The van der Waals surface area contributed by atoms with Gasteiger partial charge in [0.1, 0.15) is 11.5 Å². The summed E-state index contributed by atoms with van der Waals surface area (Å²) in [6.45, 7) is 0. The highest BCUT2D eigenvalue weighted by molar-refractivity contribution is 6.37. The van der Waals surface area contributed by atoms with Gasteiger partial charge in [0.05, 0.1) is 16.2 Å². The molecule has 1 aromatic heterocycles. The Bertz CT molecular complexity index is 1080. The quantitative estimate of drug-likeness (QED) is 0.442. The second-order valence-electron chi connectivity index (χ2n) is 5.73. The summed E-state index contributed by atoms with van der Waals surface area (Å²) in [6, 6.07) is 22.0. The number of pyridine rings is 1. The van der Waals surface area contributed by atoms with Crippen LogP contribution in [0.4, 0.5) is 0 Å². The predicted molar refractivity (Wildman–Crippen MR) is 108 cm³/mol. The van der Waals surface area contributed by atoms with Gasteiger partial charge < -0.3 is 10.2 Å². The number of fused-ring (bicyclic) bond motifs is 1. The number of halogens is 2. The van der Waals surface area contributed by atoms with E-state index in [0.717, 1.165) is 22.0 Å². The lowest BCUT2D eigenvalue weighted by Crippen LogP contribution is -1.93. The number of rotatable bonds is 2. The largest absolute Gasteiger partial charge is 0.508 e. The minimum absolute atomic E-state index is 0. The maximum Gasteiger partial charge on any atom is 0.128 e. The van der Waals surface area contributed by atoms with Gasteiger partial charge in [0.2, 0.25) is 0 Å². The second-order valence-corrected chi connectivity index (χ2v) is 6.11. The number of benzene rings is 3. The fraction of sp³-hybridized carbons (Fsp3) is 0. The molecule has 0 saturated heterocycles. The fourth-order valence-electron chi connectivity index (χ4n) is 2.97. The smallest absolute Gasteiger partial charge is 0.128 e. The van der Waals surface area contributed by atoms with Crippen molar-refractivity contribution in [3.05, 3.63) is 77.8 Å². The van der Waals surface area contributed by atoms with Gasteiger partial charge in [0.25, 0.3) is 0 Å². The van der Waals surface area contributed by atoms with E-state index >= 15 is 0 Å². The molecule has 0 fully saturated rings. The van der Waals surface area contributed by atoms with Crippen LogP contribution in [0.5, 0.6) is 11.5 Å². The molecule has 3 aromatic carbocycles. The Morgan fingerprint density at radius 1 is 0.808 bits per heavy atom. The molecule has 0 saturated carbocycles. The van der Waals surface area contributed by atoms with Gasteiger partial charge in [-0.2, -0.15) is 0 Å². The Hall–Kier alpha value is -2.75. The summed E-state index contributed by atoms with van der Waals surface area (Å²) in [5, 5.41) is 21.2. The molecule has 4 rings (SSSR count). The van der Waals surface area contributed by atoms with Crippen molar-refractivity contribution < 1.29 is 10.2 Å². The van der Waals surface area contributed by atoms with E-state index in [0.29, 0.717) is 16.3 Å². The molecule has 0 aliphatic carbocycles. The summed E-state index contributed by atoms with van der Waals surface area (Å²) >= 11 is 6.73. The molecule has 5 heteroatoms. The maximum atomic E-state index is 10.2. The van der Waals surface area contributed by atoms with Crippen LogP contribution in [0.15, 0.2) is 72.8 Å². The number of aromatic nitrogens is 1. The van der Waals surface area contributed by atoms with Gasteiger partial charge in [-0.3, -0.25) is 0 Å². The van der Waals surface area contributed by atoms with Crippen LogP contribution in [0.1, 0.15) is 0 Å². The molecule has 0 spiro atoms. The van der Waals surface area contributed by atoms with Crippen molar-refractivity contribution >= 4 is 34.9 Å². The third-order valence-electron chi connectivity index (χ3n) is 4.13. The summed E-state index contributed by atoms with van der Waals surface area (Å²) in [6.07, 6.45) is 0.